The van der Waals surface area contributed by atoms with Crippen molar-refractivity contribution in [3.05, 3.63) is 28.7 Å². The first-order valence-corrected chi connectivity index (χ1v) is 11.0. The smallest absolute Gasteiger partial charge is 0.218 e. The minimum absolute atomic E-state index is 0.179. The molecule has 1 aliphatic heterocycles. The molecule has 0 unspecified atom stereocenters. The Labute approximate surface area is 157 Å². The second-order valence-electron chi connectivity index (χ2n) is 6.97. The minimum atomic E-state index is -3.60. The maximum atomic E-state index is 13.3. The molecule has 26 heavy (non-hydrogen) atoms. The van der Waals surface area contributed by atoms with Gasteiger partial charge in [0.05, 0.1) is 24.9 Å². The molecule has 0 spiro atoms. The largest absolute Gasteiger partial charge is 0.377 e. The second kappa shape index (κ2) is 6.24. The molecule has 4 rings (SSSR count). The van der Waals surface area contributed by atoms with Crippen LogP contribution in [-0.2, 0) is 19.3 Å². The summed E-state index contributed by atoms with van der Waals surface area (Å²) in [6.07, 6.45) is 2.73. The number of aromatic nitrogens is 3. The highest BCUT2D eigenvalue weighted by molar-refractivity contribution is 7.94. The third kappa shape index (κ3) is 2.73. The van der Waals surface area contributed by atoms with E-state index >= 15 is 0 Å². The van der Waals surface area contributed by atoms with E-state index in [-0.39, 0.29) is 10.4 Å². The molecule has 140 valence electrons. The number of aryl methyl sites for hydroxylation is 2. The maximum Gasteiger partial charge on any atom is 0.218 e. The third-order valence-corrected chi connectivity index (χ3v) is 9.11. The van der Waals surface area contributed by atoms with Crippen LogP contribution in [0.5, 0.6) is 0 Å². The van der Waals surface area contributed by atoms with Crippen molar-refractivity contribution in [1.29, 1.82) is 0 Å². The Balaban J connectivity index is 1.72. The average molecular weight is 395 g/mol. The van der Waals surface area contributed by atoms with Crippen LogP contribution in [0.25, 0.3) is 0 Å². The van der Waals surface area contributed by atoms with Gasteiger partial charge in [0, 0.05) is 17.6 Å². The number of thiazole rings is 1. The fourth-order valence-electron chi connectivity index (χ4n) is 3.25. The molecular formula is C17H22N4O3S2. The molecule has 0 amide bonds. The SMILES string of the molecule is Cc1nc(S(=O)(=O)C2(c3nccc(N4CCOC[C@@H]4C)n3)CC2)sc1C. The monoisotopic (exact) mass is 394 g/mol. The van der Waals surface area contributed by atoms with Crippen LogP contribution in [0.15, 0.2) is 16.6 Å². The van der Waals surface area contributed by atoms with E-state index in [4.69, 9.17) is 4.74 Å². The van der Waals surface area contributed by atoms with Crippen LogP contribution in [0.3, 0.4) is 0 Å². The lowest BCUT2D eigenvalue weighted by Crippen LogP contribution is -2.44. The van der Waals surface area contributed by atoms with Crippen molar-refractivity contribution < 1.29 is 13.2 Å². The molecular weight excluding hydrogens is 372 g/mol. The van der Waals surface area contributed by atoms with Gasteiger partial charge < -0.3 is 9.64 Å². The Hall–Kier alpha value is -1.58. The van der Waals surface area contributed by atoms with Crippen LogP contribution in [0.2, 0.25) is 0 Å². The zero-order chi connectivity index (χ0) is 18.5. The van der Waals surface area contributed by atoms with Gasteiger partial charge in [-0.15, -0.1) is 11.3 Å². The van der Waals surface area contributed by atoms with Crippen LogP contribution in [0, 0.1) is 13.8 Å². The summed E-state index contributed by atoms with van der Waals surface area (Å²) in [5, 5.41) is 0. The average Bonchev–Trinajstić information content (AvgIpc) is 3.37. The van der Waals surface area contributed by atoms with Crippen LogP contribution in [-0.4, -0.2) is 49.2 Å². The van der Waals surface area contributed by atoms with Crippen LogP contribution in [0.4, 0.5) is 5.82 Å². The van der Waals surface area contributed by atoms with Gasteiger partial charge in [-0.25, -0.2) is 23.4 Å². The predicted molar refractivity (Wildman–Crippen MR) is 99.3 cm³/mol. The molecule has 1 saturated carbocycles. The molecule has 0 bridgehead atoms. The summed E-state index contributed by atoms with van der Waals surface area (Å²) in [5.74, 6) is 1.15. The van der Waals surface area contributed by atoms with Gasteiger partial charge >= 0.3 is 0 Å². The number of morpholine rings is 1. The molecule has 0 radical (unpaired) electrons. The van der Waals surface area contributed by atoms with Crippen molar-refractivity contribution in [2.45, 2.75) is 48.7 Å². The number of nitrogens with zero attached hydrogens (tertiary/aromatic N) is 4. The summed E-state index contributed by atoms with van der Waals surface area (Å²) >= 11 is 1.23. The summed E-state index contributed by atoms with van der Waals surface area (Å²) in [6, 6.07) is 2.04. The molecule has 0 N–H and O–H groups in total. The van der Waals surface area contributed by atoms with Crippen molar-refractivity contribution in [3.63, 3.8) is 0 Å². The van der Waals surface area contributed by atoms with Gasteiger partial charge in [-0.1, -0.05) is 0 Å². The number of hydrogen-bond acceptors (Lipinski definition) is 8. The number of ether oxygens (including phenoxy) is 1. The van der Waals surface area contributed by atoms with Crippen LogP contribution < -0.4 is 4.90 Å². The van der Waals surface area contributed by atoms with Crippen LogP contribution in [0.1, 0.15) is 36.2 Å². The fraction of sp³-hybridized carbons (Fsp3) is 0.588. The highest BCUT2D eigenvalue weighted by Crippen LogP contribution is 2.54. The van der Waals surface area contributed by atoms with E-state index in [1.54, 1.807) is 6.20 Å². The van der Waals surface area contributed by atoms with Crippen molar-refractivity contribution in [1.82, 2.24) is 15.0 Å². The Kier molecular flexibility index (Phi) is 4.28. The quantitative estimate of drug-likeness (QED) is 0.786. The number of rotatable bonds is 4. The summed E-state index contributed by atoms with van der Waals surface area (Å²) in [5.41, 5.74) is 0.765. The summed E-state index contributed by atoms with van der Waals surface area (Å²) in [7, 11) is -3.60. The van der Waals surface area contributed by atoms with Gasteiger partial charge in [0.2, 0.25) is 14.2 Å². The topological polar surface area (TPSA) is 85.3 Å². The molecule has 1 atom stereocenters. The Bertz CT molecular complexity index is 918. The molecule has 2 aromatic rings. The Morgan fingerprint density at radius 2 is 2.08 bits per heavy atom. The highest BCUT2D eigenvalue weighted by atomic mass is 32.2. The second-order valence-corrected chi connectivity index (χ2v) is 10.6. The Morgan fingerprint density at radius 1 is 1.31 bits per heavy atom. The van der Waals surface area contributed by atoms with Gasteiger partial charge in [0.1, 0.15) is 10.6 Å². The first-order valence-electron chi connectivity index (χ1n) is 8.72. The van der Waals surface area contributed by atoms with Crippen LogP contribution >= 0.6 is 11.3 Å². The first kappa shape index (κ1) is 17.8. The van der Waals surface area contributed by atoms with E-state index < -0.39 is 14.6 Å². The number of hydrogen-bond donors (Lipinski definition) is 0. The number of anilines is 1. The van der Waals surface area contributed by atoms with E-state index in [1.807, 2.05) is 19.9 Å². The predicted octanol–water partition coefficient (Wildman–Crippen LogP) is 2.24. The molecule has 7 nitrogen and oxygen atoms in total. The first-order chi connectivity index (χ1) is 12.3. The zero-order valence-corrected chi connectivity index (χ0v) is 16.7. The summed E-state index contributed by atoms with van der Waals surface area (Å²) in [6.45, 7) is 7.82. The normalized spacial score (nSPS) is 22.4. The third-order valence-electron chi connectivity index (χ3n) is 5.17. The molecule has 1 saturated heterocycles. The highest BCUT2D eigenvalue weighted by Gasteiger charge is 2.60. The maximum absolute atomic E-state index is 13.3. The number of sulfone groups is 1. The van der Waals surface area contributed by atoms with Crippen molar-refractivity contribution in [3.8, 4) is 0 Å². The standard InChI is InChI=1S/C17H22N4O3S2/c1-11-10-24-9-8-21(11)14-4-7-18-15(20-14)17(5-6-17)26(22,23)16-19-12(2)13(3)25-16/h4,7,11H,5-6,8-10H2,1-3H3/t11-/m0/s1. The molecule has 0 aromatic carbocycles. The summed E-state index contributed by atoms with van der Waals surface area (Å²) < 4.78 is 31.2. The minimum Gasteiger partial charge on any atom is -0.377 e. The van der Waals surface area contributed by atoms with Gasteiger partial charge in [-0.05, 0) is 39.7 Å². The molecule has 9 heteroatoms. The summed E-state index contributed by atoms with van der Waals surface area (Å²) in [4.78, 5) is 16.4. The van der Waals surface area contributed by atoms with Crippen molar-refractivity contribution >= 4 is 27.0 Å². The Morgan fingerprint density at radius 3 is 2.69 bits per heavy atom. The van der Waals surface area contributed by atoms with Crippen molar-refractivity contribution in [2.75, 3.05) is 24.7 Å². The fourth-order valence-corrected chi connectivity index (χ4v) is 6.75. The van der Waals surface area contributed by atoms with Gasteiger partial charge in [0.25, 0.3) is 0 Å². The lowest BCUT2D eigenvalue weighted by molar-refractivity contribution is 0.0985. The van der Waals surface area contributed by atoms with Gasteiger partial charge in [-0.3, -0.25) is 0 Å². The zero-order valence-electron chi connectivity index (χ0n) is 15.1. The van der Waals surface area contributed by atoms with Crippen molar-refractivity contribution in [2.24, 2.45) is 0 Å². The van der Waals surface area contributed by atoms with E-state index in [2.05, 4.69) is 26.8 Å². The molecule has 2 aromatic heterocycles. The molecule has 2 fully saturated rings. The molecule has 1 aliphatic carbocycles. The van der Waals surface area contributed by atoms with E-state index in [0.717, 1.165) is 22.9 Å². The van der Waals surface area contributed by atoms with E-state index in [9.17, 15) is 8.42 Å². The van der Waals surface area contributed by atoms with Gasteiger partial charge in [0.15, 0.2) is 5.82 Å². The lowest BCUT2D eigenvalue weighted by atomic mass is 10.2. The van der Waals surface area contributed by atoms with E-state index in [1.165, 1.54) is 11.3 Å². The lowest BCUT2D eigenvalue weighted by Gasteiger charge is -2.34. The van der Waals surface area contributed by atoms with E-state index in [0.29, 0.717) is 31.9 Å². The molecule has 2 aliphatic rings. The van der Waals surface area contributed by atoms with Gasteiger partial charge in [-0.2, -0.15) is 0 Å². The molecule has 3 heterocycles.